The van der Waals surface area contributed by atoms with Crippen LogP contribution in [0.3, 0.4) is 0 Å². The van der Waals surface area contributed by atoms with Crippen molar-refractivity contribution in [2.45, 2.75) is 26.8 Å². The molecule has 0 spiro atoms. The first kappa shape index (κ1) is 10.7. The van der Waals surface area contributed by atoms with Gasteiger partial charge in [-0.15, -0.1) is 0 Å². The molecule has 0 amide bonds. The Labute approximate surface area is 92.4 Å². The summed E-state index contributed by atoms with van der Waals surface area (Å²) in [4.78, 5) is 4.19. The average molecular weight is 222 g/mol. The van der Waals surface area contributed by atoms with Crippen LogP contribution in [0.4, 0.5) is 0 Å². The molecular weight excluding hydrogens is 208 g/mol. The summed E-state index contributed by atoms with van der Waals surface area (Å²) in [5, 5.41) is 13.8. The lowest BCUT2D eigenvalue weighted by molar-refractivity contribution is 0.303. The van der Waals surface area contributed by atoms with Crippen molar-refractivity contribution in [2.24, 2.45) is 11.1 Å². The van der Waals surface area contributed by atoms with E-state index in [0.717, 1.165) is 0 Å². The fraction of sp³-hybridized carbons (Fsp3) is 0.556. The Hall–Kier alpha value is -1.76. The first-order valence-corrected chi connectivity index (χ1v) is 4.94. The molecule has 2 aromatic rings. The van der Waals surface area contributed by atoms with Crippen LogP contribution >= 0.6 is 0 Å². The van der Waals surface area contributed by atoms with Gasteiger partial charge in [0.15, 0.2) is 11.5 Å². The topological polar surface area (TPSA) is 107 Å². The second-order valence-electron chi connectivity index (χ2n) is 4.66. The highest BCUT2D eigenvalue weighted by Crippen LogP contribution is 2.29. The van der Waals surface area contributed by atoms with Gasteiger partial charge in [0.05, 0.1) is 12.2 Å². The van der Waals surface area contributed by atoms with E-state index >= 15 is 0 Å². The maximum atomic E-state index is 6.01. The molecule has 1 atom stereocenters. The van der Waals surface area contributed by atoms with Crippen molar-refractivity contribution in [1.29, 1.82) is 0 Å². The minimum atomic E-state index is -0.281. The number of rotatable bonds is 2. The number of nitrogens with zero attached hydrogens (tertiary/aromatic N) is 4. The minimum Gasteiger partial charge on any atom is -0.332 e. The molecule has 0 aliphatic heterocycles. The fourth-order valence-corrected chi connectivity index (χ4v) is 1.16. The largest absolute Gasteiger partial charge is 0.332 e. The van der Waals surface area contributed by atoms with Gasteiger partial charge in [0.25, 0.3) is 5.89 Å². The Morgan fingerprint density at radius 2 is 2.19 bits per heavy atom. The van der Waals surface area contributed by atoms with Gasteiger partial charge in [-0.2, -0.15) is 20.4 Å². The van der Waals surface area contributed by atoms with Crippen LogP contribution in [0.1, 0.15) is 32.6 Å². The summed E-state index contributed by atoms with van der Waals surface area (Å²) >= 11 is 0. The smallest absolute Gasteiger partial charge is 0.280 e. The predicted octanol–water partition coefficient (Wildman–Crippen LogP) is 0.901. The number of hydrogen-bond donors (Lipinski definition) is 2. The van der Waals surface area contributed by atoms with Crippen LogP contribution in [0.25, 0.3) is 11.6 Å². The highest BCUT2D eigenvalue weighted by Gasteiger charge is 2.27. The number of aromatic amines is 1. The third-order valence-electron chi connectivity index (χ3n) is 2.29. The van der Waals surface area contributed by atoms with Crippen LogP contribution in [-0.4, -0.2) is 25.6 Å². The molecule has 7 heteroatoms. The number of aromatic nitrogens is 5. The summed E-state index contributed by atoms with van der Waals surface area (Å²) in [7, 11) is 0. The lowest BCUT2D eigenvalue weighted by Crippen LogP contribution is -2.27. The van der Waals surface area contributed by atoms with E-state index in [9.17, 15) is 0 Å². The van der Waals surface area contributed by atoms with Crippen molar-refractivity contribution in [3.63, 3.8) is 0 Å². The van der Waals surface area contributed by atoms with E-state index in [0.29, 0.717) is 17.4 Å². The van der Waals surface area contributed by atoms with E-state index < -0.39 is 0 Å². The molecule has 1 unspecified atom stereocenters. The summed E-state index contributed by atoms with van der Waals surface area (Å²) in [5.41, 5.74) is 6.40. The van der Waals surface area contributed by atoms with E-state index in [-0.39, 0.29) is 11.5 Å². The molecule has 0 bridgehead atoms. The lowest BCUT2D eigenvalue weighted by atomic mass is 9.87. The monoisotopic (exact) mass is 222 g/mol. The van der Waals surface area contributed by atoms with Gasteiger partial charge >= 0.3 is 0 Å². The molecule has 7 nitrogen and oxygen atoms in total. The van der Waals surface area contributed by atoms with Gasteiger partial charge in [0.2, 0.25) is 0 Å². The molecule has 0 saturated carbocycles. The predicted molar refractivity (Wildman–Crippen MR) is 56.1 cm³/mol. The first-order chi connectivity index (χ1) is 7.48. The van der Waals surface area contributed by atoms with Crippen molar-refractivity contribution < 1.29 is 4.52 Å². The number of H-pyrrole nitrogens is 1. The zero-order valence-corrected chi connectivity index (χ0v) is 9.43. The van der Waals surface area contributed by atoms with E-state index in [1.807, 2.05) is 20.8 Å². The van der Waals surface area contributed by atoms with Crippen molar-refractivity contribution in [2.75, 3.05) is 0 Å². The Morgan fingerprint density at radius 3 is 2.75 bits per heavy atom. The van der Waals surface area contributed by atoms with Gasteiger partial charge in [-0.3, -0.25) is 0 Å². The Morgan fingerprint density at radius 1 is 1.44 bits per heavy atom. The molecule has 0 radical (unpaired) electrons. The minimum absolute atomic E-state index is 0.120. The van der Waals surface area contributed by atoms with Crippen molar-refractivity contribution in [3.05, 3.63) is 12.0 Å². The van der Waals surface area contributed by atoms with E-state index in [2.05, 4.69) is 25.6 Å². The number of nitrogens with two attached hydrogens (primary N) is 1. The van der Waals surface area contributed by atoms with Crippen LogP contribution in [0, 0.1) is 5.41 Å². The van der Waals surface area contributed by atoms with Gasteiger partial charge in [-0.25, -0.2) is 0 Å². The van der Waals surface area contributed by atoms with Gasteiger partial charge in [0.1, 0.15) is 0 Å². The standard InChI is InChI=1S/C9H14N6O/c1-9(2,3)6(10)7-12-8(16-14-7)5-4-11-15-13-5/h4,6H,10H2,1-3H3,(H,11,13,15). The van der Waals surface area contributed by atoms with Crippen LogP contribution in [-0.2, 0) is 0 Å². The molecule has 0 fully saturated rings. The molecular formula is C9H14N6O. The van der Waals surface area contributed by atoms with Crippen molar-refractivity contribution in [3.8, 4) is 11.6 Å². The molecule has 0 aromatic carbocycles. The third kappa shape index (κ3) is 1.94. The summed E-state index contributed by atoms with van der Waals surface area (Å²) in [5.74, 6) is 0.800. The van der Waals surface area contributed by atoms with Crippen LogP contribution < -0.4 is 5.73 Å². The van der Waals surface area contributed by atoms with E-state index in [4.69, 9.17) is 10.3 Å². The summed E-state index contributed by atoms with van der Waals surface area (Å²) in [6, 6.07) is -0.281. The summed E-state index contributed by atoms with van der Waals surface area (Å²) < 4.78 is 5.06. The van der Waals surface area contributed by atoms with Crippen LogP contribution in [0.2, 0.25) is 0 Å². The van der Waals surface area contributed by atoms with E-state index in [1.165, 1.54) is 6.20 Å². The molecule has 0 aliphatic carbocycles. The zero-order chi connectivity index (χ0) is 11.8. The molecule has 2 aromatic heterocycles. The number of nitrogens with one attached hydrogen (secondary N) is 1. The Bertz CT molecular complexity index is 455. The second kappa shape index (κ2) is 3.67. The van der Waals surface area contributed by atoms with Gasteiger partial charge in [-0.1, -0.05) is 25.9 Å². The maximum absolute atomic E-state index is 6.01. The molecule has 16 heavy (non-hydrogen) atoms. The average Bonchev–Trinajstić information content (AvgIpc) is 2.85. The fourth-order valence-electron chi connectivity index (χ4n) is 1.16. The Kier molecular flexibility index (Phi) is 2.47. The SMILES string of the molecule is CC(C)(C)C(N)c1noc(-c2cn[nH]n2)n1. The number of hydrogen-bond acceptors (Lipinski definition) is 6. The molecule has 2 rings (SSSR count). The lowest BCUT2D eigenvalue weighted by Gasteiger charge is -2.23. The second-order valence-corrected chi connectivity index (χ2v) is 4.66. The molecule has 3 N–H and O–H groups in total. The van der Waals surface area contributed by atoms with Crippen molar-refractivity contribution >= 4 is 0 Å². The maximum Gasteiger partial charge on any atom is 0.280 e. The molecule has 0 aliphatic rings. The van der Waals surface area contributed by atoms with E-state index in [1.54, 1.807) is 0 Å². The van der Waals surface area contributed by atoms with Crippen molar-refractivity contribution in [1.82, 2.24) is 25.6 Å². The summed E-state index contributed by atoms with van der Waals surface area (Å²) in [6.07, 6.45) is 1.51. The summed E-state index contributed by atoms with van der Waals surface area (Å²) in [6.45, 7) is 6.05. The normalized spacial score (nSPS) is 14.0. The Balaban J connectivity index is 2.27. The van der Waals surface area contributed by atoms with Crippen LogP contribution in [0.5, 0.6) is 0 Å². The van der Waals surface area contributed by atoms with Gasteiger partial charge in [-0.05, 0) is 5.41 Å². The van der Waals surface area contributed by atoms with Gasteiger partial charge in [0, 0.05) is 0 Å². The molecule has 0 saturated heterocycles. The molecule has 2 heterocycles. The zero-order valence-electron chi connectivity index (χ0n) is 9.43. The quantitative estimate of drug-likeness (QED) is 0.781. The molecule has 86 valence electrons. The third-order valence-corrected chi connectivity index (χ3v) is 2.29. The highest BCUT2D eigenvalue weighted by molar-refractivity contribution is 5.42. The van der Waals surface area contributed by atoms with Crippen LogP contribution in [0.15, 0.2) is 10.7 Å². The van der Waals surface area contributed by atoms with Gasteiger partial charge < -0.3 is 10.3 Å². The first-order valence-electron chi connectivity index (χ1n) is 4.94. The highest BCUT2D eigenvalue weighted by atomic mass is 16.5.